The Balaban J connectivity index is 1.62. The summed E-state index contributed by atoms with van der Waals surface area (Å²) >= 11 is 0. The highest BCUT2D eigenvalue weighted by molar-refractivity contribution is 6.04. The van der Waals surface area contributed by atoms with Crippen molar-refractivity contribution in [3.05, 3.63) is 59.7 Å². The molecule has 25 heavy (non-hydrogen) atoms. The molecular weight excluding hydrogens is 330 g/mol. The first-order valence-electron chi connectivity index (χ1n) is 7.81. The minimum Gasteiger partial charge on any atom is -0.368 e. The van der Waals surface area contributed by atoms with Gasteiger partial charge in [0, 0.05) is 29.6 Å². The van der Waals surface area contributed by atoms with Gasteiger partial charge in [-0.2, -0.15) is 0 Å². The van der Waals surface area contributed by atoms with Gasteiger partial charge in [0.25, 0.3) is 11.8 Å². The summed E-state index contributed by atoms with van der Waals surface area (Å²) in [5.41, 5.74) is 0.883. The first kappa shape index (κ1) is 17.0. The molecule has 7 heteroatoms. The van der Waals surface area contributed by atoms with Crippen molar-refractivity contribution in [1.82, 2.24) is 0 Å². The molecule has 2 amide bonds. The highest BCUT2D eigenvalue weighted by Gasteiger charge is 2.23. The molecule has 1 unspecified atom stereocenters. The highest BCUT2D eigenvalue weighted by Crippen LogP contribution is 2.18. The third kappa shape index (κ3) is 4.39. The van der Waals surface area contributed by atoms with Gasteiger partial charge < -0.3 is 15.4 Å². The Morgan fingerprint density at radius 3 is 2.12 bits per heavy atom. The van der Waals surface area contributed by atoms with Crippen LogP contribution in [0.4, 0.5) is 20.2 Å². The van der Waals surface area contributed by atoms with Crippen molar-refractivity contribution in [3.8, 4) is 0 Å². The van der Waals surface area contributed by atoms with Crippen molar-refractivity contribution in [3.63, 3.8) is 0 Å². The Hall–Kier alpha value is -2.80. The summed E-state index contributed by atoms with van der Waals surface area (Å²) in [5.74, 6) is -2.48. The third-order valence-electron chi connectivity index (χ3n) is 3.76. The molecule has 0 aliphatic carbocycles. The number of carbonyl (C=O) groups is 2. The predicted octanol–water partition coefficient (Wildman–Crippen LogP) is 3.33. The van der Waals surface area contributed by atoms with Crippen LogP contribution in [0.25, 0.3) is 0 Å². The number of anilines is 2. The lowest BCUT2D eigenvalue weighted by atomic mass is 10.2. The van der Waals surface area contributed by atoms with Crippen molar-refractivity contribution >= 4 is 23.2 Å². The number of hydrogen-bond donors (Lipinski definition) is 2. The van der Waals surface area contributed by atoms with Gasteiger partial charge in [0.2, 0.25) is 0 Å². The van der Waals surface area contributed by atoms with E-state index in [1.807, 2.05) is 0 Å². The van der Waals surface area contributed by atoms with E-state index in [1.54, 1.807) is 24.3 Å². The van der Waals surface area contributed by atoms with E-state index in [4.69, 9.17) is 4.74 Å². The normalized spacial score (nSPS) is 16.5. The van der Waals surface area contributed by atoms with Crippen LogP contribution in [0.3, 0.4) is 0 Å². The molecule has 0 saturated carbocycles. The average Bonchev–Trinajstić information content (AvgIpc) is 3.10. The molecule has 130 valence electrons. The number of halogens is 2. The quantitative estimate of drug-likeness (QED) is 0.892. The number of amides is 2. The Kier molecular flexibility index (Phi) is 5.04. The fourth-order valence-corrected chi connectivity index (χ4v) is 2.53. The Morgan fingerprint density at radius 2 is 1.56 bits per heavy atom. The SMILES string of the molecule is O=C(Nc1ccc(NC(=O)C2CCCO2)cc1)c1cc(F)cc(F)c1. The lowest BCUT2D eigenvalue weighted by molar-refractivity contribution is -0.124. The van der Waals surface area contributed by atoms with E-state index in [1.165, 1.54) is 0 Å². The van der Waals surface area contributed by atoms with E-state index < -0.39 is 23.6 Å². The molecule has 2 N–H and O–H groups in total. The van der Waals surface area contributed by atoms with Crippen LogP contribution in [0.1, 0.15) is 23.2 Å². The van der Waals surface area contributed by atoms with Crippen LogP contribution in [0.2, 0.25) is 0 Å². The van der Waals surface area contributed by atoms with Crippen LogP contribution >= 0.6 is 0 Å². The van der Waals surface area contributed by atoms with Gasteiger partial charge in [-0.05, 0) is 49.2 Å². The van der Waals surface area contributed by atoms with Gasteiger partial charge >= 0.3 is 0 Å². The maximum absolute atomic E-state index is 13.2. The van der Waals surface area contributed by atoms with Crippen LogP contribution < -0.4 is 10.6 Å². The maximum atomic E-state index is 13.2. The Bertz CT molecular complexity index is 767. The summed E-state index contributed by atoms with van der Waals surface area (Å²) in [6.07, 6.45) is 1.13. The molecule has 1 aliphatic heterocycles. The number of ether oxygens (including phenoxy) is 1. The lowest BCUT2D eigenvalue weighted by Gasteiger charge is -2.11. The van der Waals surface area contributed by atoms with Gasteiger partial charge in [-0.15, -0.1) is 0 Å². The molecule has 1 saturated heterocycles. The van der Waals surface area contributed by atoms with E-state index in [0.717, 1.165) is 18.6 Å². The van der Waals surface area contributed by atoms with E-state index in [-0.39, 0.29) is 11.5 Å². The predicted molar refractivity (Wildman–Crippen MR) is 88.4 cm³/mol. The second-order valence-corrected chi connectivity index (χ2v) is 5.68. The Labute approximate surface area is 143 Å². The number of hydrogen-bond acceptors (Lipinski definition) is 3. The number of nitrogens with one attached hydrogen (secondary N) is 2. The van der Waals surface area contributed by atoms with Gasteiger partial charge in [-0.3, -0.25) is 9.59 Å². The van der Waals surface area contributed by atoms with Crippen molar-refractivity contribution < 1.29 is 23.1 Å². The zero-order chi connectivity index (χ0) is 17.8. The summed E-state index contributed by atoms with van der Waals surface area (Å²) in [7, 11) is 0. The molecule has 0 spiro atoms. The molecule has 1 atom stereocenters. The zero-order valence-corrected chi connectivity index (χ0v) is 13.2. The van der Waals surface area contributed by atoms with E-state index >= 15 is 0 Å². The molecular formula is C18H16F2N2O3. The first-order valence-corrected chi connectivity index (χ1v) is 7.81. The molecule has 0 radical (unpaired) electrons. The van der Waals surface area contributed by atoms with Crippen LogP contribution in [0.15, 0.2) is 42.5 Å². The molecule has 1 aliphatic rings. The van der Waals surface area contributed by atoms with Gasteiger partial charge in [0.15, 0.2) is 0 Å². The molecule has 0 bridgehead atoms. The first-order chi connectivity index (χ1) is 12.0. The fraction of sp³-hybridized carbons (Fsp3) is 0.222. The van der Waals surface area contributed by atoms with Crippen molar-refractivity contribution in [1.29, 1.82) is 0 Å². The monoisotopic (exact) mass is 346 g/mol. The molecule has 1 fully saturated rings. The third-order valence-corrected chi connectivity index (χ3v) is 3.76. The molecule has 2 aromatic rings. The van der Waals surface area contributed by atoms with Crippen molar-refractivity contribution in [2.45, 2.75) is 18.9 Å². The molecule has 0 aromatic heterocycles. The standard InChI is InChI=1S/C18H16F2N2O3/c19-12-8-11(9-13(20)10-12)17(23)21-14-3-5-15(6-4-14)22-18(24)16-2-1-7-25-16/h3-6,8-10,16H,1-2,7H2,(H,21,23)(H,22,24). The minimum absolute atomic E-state index is 0.117. The van der Waals surface area contributed by atoms with E-state index in [0.29, 0.717) is 30.5 Å². The summed E-state index contributed by atoms with van der Waals surface area (Å²) in [6, 6.07) is 9.01. The lowest BCUT2D eigenvalue weighted by Crippen LogP contribution is -2.26. The second kappa shape index (κ2) is 7.40. The fourth-order valence-electron chi connectivity index (χ4n) is 2.53. The van der Waals surface area contributed by atoms with Gasteiger partial charge in [0.1, 0.15) is 17.7 Å². The summed E-state index contributed by atoms with van der Waals surface area (Å²) in [4.78, 5) is 24.0. The summed E-state index contributed by atoms with van der Waals surface area (Å²) < 4.78 is 31.6. The number of benzene rings is 2. The average molecular weight is 346 g/mol. The van der Waals surface area contributed by atoms with Gasteiger partial charge in [0.05, 0.1) is 0 Å². The summed E-state index contributed by atoms with van der Waals surface area (Å²) in [5, 5.41) is 5.27. The molecule has 1 heterocycles. The maximum Gasteiger partial charge on any atom is 0.255 e. The van der Waals surface area contributed by atoms with Crippen LogP contribution in [-0.2, 0) is 9.53 Å². The highest BCUT2D eigenvalue weighted by atomic mass is 19.1. The molecule has 2 aromatic carbocycles. The smallest absolute Gasteiger partial charge is 0.255 e. The van der Waals surface area contributed by atoms with Crippen molar-refractivity contribution in [2.75, 3.05) is 17.2 Å². The largest absolute Gasteiger partial charge is 0.368 e. The van der Waals surface area contributed by atoms with Gasteiger partial charge in [-0.1, -0.05) is 0 Å². The van der Waals surface area contributed by atoms with E-state index in [9.17, 15) is 18.4 Å². The number of rotatable bonds is 4. The zero-order valence-electron chi connectivity index (χ0n) is 13.2. The minimum atomic E-state index is -0.822. The van der Waals surface area contributed by atoms with Crippen molar-refractivity contribution in [2.24, 2.45) is 0 Å². The summed E-state index contributed by atoms with van der Waals surface area (Å²) in [6.45, 7) is 0.587. The van der Waals surface area contributed by atoms with Crippen LogP contribution in [-0.4, -0.2) is 24.5 Å². The van der Waals surface area contributed by atoms with Crippen LogP contribution in [0, 0.1) is 11.6 Å². The van der Waals surface area contributed by atoms with Crippen LogP contribution in [0.5, 0.6) is 0 Å². The molecule has 5 nitrogen and oxygen atoms in total. The topological polar surface area (TPSA) is 67.4 Å². The molecule has 3 rings (SSSR count). The van der Waals surface area contributed by atoms with E-state index in [2.05, 4.69) is 10.6 Å². The Morgan fingerprint density at radius 1 is 0.960 bits per heavy atom. The van der Waals surface area contributed by atoms with Gasteiger partial charge in [-0.25, -0.2) is 8.78 Å². The number of carbonyl (C=O) groups excluding carboxylic acids is 2. The second-order valence-electron chi connectivity index (χ2n) is 5.68.